The van der Waals surface area contributed by atoms with E-state index < -0.39 is 0 Å². The molecule has 0 aliphatic carbocycles. The second-order valence-corrected chi connectivity index (χ2v) is 5.95. The van der Waals surface area contributed by atoms with E-state index in [1.807, 2.05) is 0 Å². The zero-order chi connectivity index (χ0) is 12.5. The maximum atomic E-state index is 3.88. The monoisotopic (exact) mass is 282 g/mol. The molecule has 0 amide bonds. The Labute approximate surface area is 109 Å². The van der Waals surface area contributed by atoms with Crippen LogP contribution in [0.4, 0.5) is 0 Å². The van der Waals surface area contributed by atoms with Crippen molar-refractivity contribution in [2.45, 2.75) is 52.8 Å². The van der Waals surface area contributed by atoms with Crippen LogP contribution >= 0.6 is 15.9 Å². The first-order chi connectivity index (χ1) is 7.40. The lowest BCUT2D eigenvalue weighted by molar-refractivity contribution is 0.552. The maximum Gasteiger partial charge on any atom is 0.0426 e. The Morgan fingerprint density at radius 2 is 1.50 bits per heavy atom. The van der Waals surface area contributed by atoms with Crippen LogP contribution in [0.3, 0.4) is 0 Å². The van der Waals surface area contributed by atoms with Gasteiger partial charge in [0.2, 0.25) is 0 Å². The van der Waals surface area contributed by atoms with E-state index in [0.717, 1.165) is 0 Å². The van der Waals surface area contributed by atoms with E-state index in [1.165, 1.54) is 34.2 Å². The molecule has 1 heteroatoms. The van der Waals surface area contributed by atoms with Gasteiger partial charge in [-0.2, -0.15) is 0 Å². The van der Waals surface area contributed by atoms with E-state index in [4.69, 9.17) is 0 Å². The van der Waals surface area contributed by atoms with E-state index in [-0.39, 0.29) is 0 Å². The highest BCUT2D eigenvalue weighted by molar-refractivity contribution is 9.09. The van der Waals surface area contributed by atoms with Crippen molar-refractivity contribution in [3.63, 3.8) is 0 Å². The molecule has 90 valence electrons. The highest BCUT2D eigenvalue weighted by Gasteiger charge is 2.20. The van der Waals surface area contributed by atoms with Gasteiger partial charge in [-0.05, 0) is 61.4 Å². The molecule has 0 radical (unpaired) electrons. The van der Waals surface area contributed by atoms with E-state index in [0.29, 0.717) is 10.7 Å². The molecule has 2 atom stereocenters. The lowest BCUT2D eigenvalue weighted by Gasteiger charge is -2.24. The molecule has 0 bridgehead atoms. The molecule has 1 rings (SSSR count). The molecule has 0 spiro atoms. The first-order valence-electron chi connectivity index (χ1n) is 6.11. The van der Waals surface area contributed by atoms with Crippen LogP contribution in [-0.4, -0.2) is 0 Å². The Hall–Kier alpha value is -0.300. The van der Waals surface area contributed by atoms with Crippen LogP contribution in [-0.2, 0) is 0 Å². The predicted octanol–water partition coefficient (Wildman–Crippen LogP) is 5.40. The van der Waals surface area contributed by atoms with Crippen molar-refractivity contribution in [3.05, 3.63) is 33.9 Å². The summed E-state index contributed by atoms with van der Waals surface area (Å²) in [5, 5.41) is 0. The number of hydrogen-bond donors (Lipinski definition) is 0. The standard InChI is InChI=1S/C15H23Br/c1-7-9(2)15(16)14-12(5)10(3)8-11(4)13(14)6/h8-9,15H,7H2,1-6H3. The van der Waals surface area contributed by atoms with Crippen LogP contribution < -0.4 is 0 Å². The summed E-state index contributed by atoms with van der Waals surface area (Å²) >= 11 is 3.88. The Balaban J connectivity index is 3.31. The topological polar surface area (TPSA) is 0 Å². The Morgan fingerprint density at radius 3 is 1.88 bits per heavy atom. The minimum absolute atomic E-state index is 0.482. The van der Waals surface area contributed by atoms with Gasteiger partial charge in [0.1, 0.15) is 0 Å². The Kier molecular flexibility index (Phi) is 4.61. The first-order valence-corrected chi connectivity index (χ1v) is 7.03. The minimum atomic E-state index is 0.482. The van der Waals surface area contributed by atoms with Gasteiger partial charge in [0.25, 0.3) is 0 Å². The van der Waals surface area contributed by atoms with E-state index in [9.17, 15) is 0 Å². The van der Waals surface area contributed by atoms with Gasteiger partial charge in [0.15, 0.2) is 0 Å². The largest absolute Gasteiger partial charge is 0.0836 e. The van der Waals surface area contributed by atoms with Gasteiger partial charge in [0, 0.05) is 4.83 Å². The van der Waals surface area contributed by atoms with Crippen molar-refractivity contribution in [3.8, 4) is 0 Å². The van der Waals surface area contributed by atoms with E-state index >= 15 is 0 Å². The number of alkyl halides is 1. The molecule has 0 N–H and O–H groups in total. The van der Waals surface area contributed by atoms with Gasteiger partial charge >= 0.3 is 0 Å². The summed E-state index contributed by atoms with van der Waals surface area (Å²) in [6.45, 7) is 13.5. The molecule has 1 aromatic rings. The zero-order valence-electron chi connectivity index (χ0n) is 11.3. The predicted molar refractivity (Wildman–Crippen MR) is 76.5 cm³/mol. The van der Waals surface area contributed by atoms with Crippen LogP contribution in [0.25, 0.3) is 0 Å². The van der Waals surface area contributed by atoms with Gasteiger partial charge in [-0.3, -0.25) is 0 Å². The molecular formula is C15H23Br. The molecule has 0 nitrogen and oxygen atoms in total. The highest BCUT2D eigenvalue weighted by atomic mass is 79.9. The summed E-state index contributed by atoms with van der Waals surface area (Å²) in [5.74, 6) is 0.679. The number of aryl methyl sites for hydroxylation is 2. The van der Waals surface area contributed by atoms with Gasteiger partial charge in [-0.1, -0.05) is 42.3 Å². The first kappa shape index (κ1) is 13.8. The third-order valence-electron chi connectivity index (χ3n) is 3.84. The second kappa shape index (κ2) is 5.35. The molecule has 2 unspecified atom stereocenters. The van der Waals surface area contributed by atoms with E-state index in [1.54, 1.807) is 0 Å². The zero-order valence-corrected chi connectivity index (χ0v) is 12.9. The molecule has 0 saturated heterocycles. The number of halogens is 1. The summed E-state index contributed by atoms with van der Waals surface area (Å²) < 4.78 is 0. The average molecular weight is 283 g/mol. The SMILES string of the molecule is CCC(C)C(Br)c1c(C)c(C)cc(C)c1C. The third kappa shape index (κ3) is 2.51. The summed E-state index contributed by atoms with van der Waals surface area (Å²) in [7, 11) is 0. The quantitative estimate of drug-likeness (QED) is 0.651. The molecule has 0 aromatic heterocycles. The van der Waals surface area contributed by atoms with Crippen LogP contribution in [0.5, 0.6) is 0 Å². The molecule has 0 fully saturated rings. The summed E-state index contributed by atoms with van der Waals surface area (Å²) in [6.07, 6.45) is 1.21. The van der Waals surface area contributed by atoms with Crippen LogP contribution in [0, 0.1) is 33.6 Å². The lowest BCUT2D eigenvalue weighted by atomic mass is 9.88. The third-order valence-corrected chi connectivity index (χ3v) is 5.20. The molecule has 0 saturated carbocycles. The minimum Gasteiger partial charge on any atom is -0.0836 e. The van der Waals surface area contributed by atoms with Crippen molar-refractivity contribution < 1.29 is 0 Å². The van der Waals surface area contributed by atoms with E-state index in [2.05, 4.69) is 63.5 Å². The molecule has 1 aromatic carbocycles. The molecule has 0 heterocycles. The lowest BCUT2D eigenvalue weighted by Crippen LogP contribution is -2.08. The van der Waals surface area contributed by atoms with Gasteiger partial charge < -0.3 is 0 Å². The van der Waals surface area contributed by atoms with Crippen molar-refractivity contribution in [2.75, 3.05) is 0 Å². The highest BCUT2D eigenvalue weighted by Crippen LogP contribution is 2.38. The Bertz CT molecular complexity index is 353. The van der Waals surface area contributed by atoms with Crippen molar-refractivity contribution in [1.29, 1.82) is 0 Å². The average Bonchev–Trinajstić information content (AvgIpc) is 2.25. The molecule has 0 aliphatic heterocycles. The second-order valence-electron chi connectivity index (χ2n) is 4.96. The fourth-order valence-electron chi connectivity index (χ4n) is 2.15. The number of hydrogen-bond acceptors (Lipinski definition) is 0. The fourth-order valence-corrected chi connectivity index (χ4v) is 3.21. The maximum absolute atomic E-state index is 3.88. The summed E-state index contributed by atoms with van der Waals surface area (Å²) in [5.41, 5.74) is 7.22. The van der Waals surface area contributed by atoms with Crippen molar-refractivity contribution in [2.24, 2.45) is 5.92 Å². The molecule has 16 heavy (non-hydrogen) atoms. The van der Waals surface area contributed by atoms with Crippen molar-refractivity contribution in [1.82, 2.24) is 0 Å². The van der Waals surface area contributed by atoms with Crippen LogP contribution in [0.1, 0.15) is 52.9 Å². The van der Waals surface area contributed by atoms with Crippen molar-refractivity contribution >= 4 is 15.9 Å². The van der Waals surface area contributed by atoms with Crippen LogP contribution in [0.15, 0.2) is 6.07 Å². The van der Waals surface area contributed by atoms with Gasteiger partial charge in [-0.15, -0.1) is 0 Å². The molecule has 0 aliphatic rings. The van der Waals surface area contributed by atoms with Crippen LogP contribution in [0.2, 0.25) is 0 Å². The smallest absolute Gasteiger partial charge is 0.0426 e. The summed E-state index contributed by atoms with van der Waals surface area (Å²) in [4.78, 5) is 0.482. The Morgan fingerprint density at radius 1 is 1.06 bits per heavy atom. The summed E-state index contributed by atoms with van der Waals surface area (Å²) in [6, 6.07) is 2.30. The van der Waals surface area contributed by atoms with Gasteiger partial charge in [-0.25, -0.2) is 0 Å². The number of benzene rings is 1. The normalized spacial score (nSPS) is 14.9. The van der Waals surface area contributed by atoms with Gasteiger partial charge in [0.05, 0.1) is 0 Å². The molecular weight excluding hydrogens is 260 g/mol. The number of rotatable bonds is 3. The fraction of sp³-hybridized carbons (Fsp3) is 0.600.